The van der Waals surface area contributed by atoms with Crippen LogP contribution in [0.15, 0.2) is 48.0 Å². The van der Waals surface area contributed by atoms with E-state index in [9.17, 15) is 10.1 Å². The maximum Gasteiger partial charge on any atom is 0.274 e. The van der Waals surface area contributed by atoms with Crippen molar-refractivity contribution in [1.82, 2.24) is 4.98 Å². The van der Waals surface area contributed by atoms with Gasteiger partial charge in [-0.05, 0) is 17.5 Å². The molecule has 0 saturated heterocycles. The zero-order valence-corrected chi connectivity index (χ0v) is 11.3. The third-order valence-electron chi connectivity index (χ3n) is 3.01. The van der Waals surface area contributed by atoms with E-state index in [4.69, 9.17) is 0 Å². The van der Waals surface area contributed by atoms with Crippen LogP contribution in [0.25, 0.3) is 10.1 Å². The topological polar surface area (TPSA) is 68.1 Å². The Bertz CT molecular complexity index is 770. The van der Waals surface area contributed by atoms with Crippen LogP contribution in [0, 0.1) is 10.1 Å². The summed E-state index contributed by atoms with van der Waals surface area (Å²) >= 11 is 1.64. The normalized spacial score (nSPS) is 10.6. The number of pyridine rings is 1. The highest BCUT2D eigenvalue weighted by atomic mass is 32.1. The average Bonchev–Trinajstić information content (AvgIpc) is 2.94. The van der Waals surface area contributed by atoms with Crippen molar-refractivity contribution in [3.05, 3.63) is 63.7 Å². The summed E-state index contributed by atoms with van der Waals surface area (Å²) in [4.78, 5) is 14.9. The smallest absolute Gasteiger partial charge is 0.274 e. The van der Waals surface area contributed by atoms with Crippen molar-refractivity contribution in [3.8, 4) is 0 Å². The molecular weight excluding hydrogens is 274 g/mol. The number of nitro benzene ring substituents is 1. The maximum atomic E-state index is 11.0. The lowest BCUT2D eigenvalue weighted by Gasteiger charge is -2.07. The molecule has 0 unspecified atom stereocenters. The number of nitrogens with one attached hydrogen (secondary N) is 1. The van der Waals surface area contributed by atoms with Gasteiger partial charge in [0, 0.05) is 34.5 Å². The molecule has 0 bridgehead atoms. The van der Waals surface area contributed by atoms with Crippen LogP contribution in [0.4, 0.5) is 11.5 Å². The fraction of sp³-hybridized carbons (Fsp3) is 0.0714. The molecular formula is C14H11N3O2S. The maximum absolute atomic E-state index is 11.0. The molecule has 0 amide bonds. The molecule has 0 spiro atoms. The van der Waals surface area contributed by atoms with Gasteiger partial charge in [0.25, 0.3) is 5.69 Å². The molecule has 6 heteroatoms. The quantitative estimate of drug-likeness (QED) is 0.584. The van der Waals surface area contributed by atoms with Crippen LogP contribution in [0.1, 0.15) is 5.56 Å². The summed E-state index contributed by atoms with van der Waals surface area (Å²) < 4.78 is 1.14. The summed E-state index contributed by atoms with van der Waals surface area (Å²) in [5, 5.41) is 17.2. The van der Waals surface area contributed by atoms with Crippen molar-refractivity contribution < 1.29 is 4.92 Å². The third-order valence-corrected chi connectivity index (χ3v) is 3.90. The Balaban J connectivity index is 1.87. The average molecular weight is 285 g/mol. The highest BCUT2D eigenvalue weighted by Gasteiger charge is 2.12. The number of hydrogen-bond donors (Lipinski definition) is 1. The lowest BCUT2D eigenvalue weighted by Crippen LogP contribution is -2.04. The van der Waals surface area contributed by atoms with Crippen LogP contribution in [0.5, 0.6) is 0 Å². The molecule has 1 N–H and O–H groups in total. The Kier molecular flexibility index (Phi) is 3.30. The molecule has 1 aromatic carbocycles. The van der Waals surface area contributed by atoms with E-state index in [0.29, 0.717) is 12.1 Å². The minimum atomic E-state index is -0.365. The Hall–Kier alpha value is -2.47. The second-order valence-electron chi connectivity index (χ2n) is 4.23. The van der Waals surface area contributed by atoms with Crippen LogP contribution in [-0.2, 0) is 6.54 Å². The van der Waals surface area contributed by atoms with E-state index in [0.717, 1.165) is 15.9 Å². The second kappa shape index (κ2) is 5.26. The van der Waals surface area contributed by atoms with Crippen molar-refractivity contribution in [1.29, 1.82) is 0 Å². The molecule has 0 radical (unpaired) electrons. The fourth-order valence-electron chi connectivity index (χ4n) is 2.05. The van der Waals surface area contributed by atoms with Gasteiger partial charge in [0.1, 0.15) is 5.82 Å². The van der Waals surface area contributed by atoms with Crippen LogP contribution in [0.2, 0.25) is 0 Å². The molecule has 0 aliphatic rings. The van der Waals surface area contributed by atoms with Gasteiger partial charge in [0.15, 0.2) is 0 Å². The highest BCUT2D eigenvalue weighted by Crippen LogP contribution is 2.26. The van der Waals surface area contributed by atoms with E-state index in [1.54, 1.807) is 35.7 Å². The van der Waals surface area contributed by atoms with Gasteiger partial charge in [-0.2, -0.15) is 0 Å². The number of fused-ring (bicyclic) bond motifs is 1. The van der Waals surface area contributed by atoms with Crippen molar-refractivity contribution in [3.63, 3.8) is 0 Å². The second-order valence-corrected chi connectivity index (χ2v) is 5.18. The summed E-state index contributed by atoms with van der Waals surface area (Å²) in [6, 6.07) is 10.7. The number of anilines is 1. The predicted molar refractivity (Wildman–Crippen MR) is 80.0 cm³/mol. The summed E-state index contributed by atoms with van der Waals surface area (Å²) in [5.41, 5.74) is 0.768. The van der Waals surface area contributed by atoms with E-state index >= 15 is 0 Å². The lowest BCUT2D eigenvalue weighted by molar-refractivity contribution is -0.385. The van der Waals surface area contributed by atoms with Gasteiger partial charge < -0.3 is 5.32 Å². The standard InChI is InChI=1S/C14H11N3O2S/c18-17(19)12-4-2-1-3-10(12)9-16-14-11-6-8-20-13(11)5-7-15-14/h1-8H,9H2,(H,15,16). The van der Waals surface area contributed by atoms with Gasteiger partial charge in [0.05, 0.1) is 4.92 Å². The van der Waals surface area contributed by atoms with Gasteiger partial charge in [-0.1, -0.05) is 18.2 Å². The molecule has 0 atom stereocenters. The Morgan fingerprint density at radius 1 is 1.25 bits per heavy atom. The minimum Gasteiger partial charge on any atom is -0.365 e. The number of thiophene rings is 1. The zero-order valence-electron chi connectivity index (χ0n) is 10.4. The Morgan fingerprint density at radius 3 is 2.95 bits per heavy atom. The first-order valence-electron chi connectivity index (χ1n) is 6.04. The number of rotatable bonds is 4. The molecule has 3 aromatic rings. The number of nitrogens with zero attached hydrogens (tertiary/aromatic N) is 2. The van der Waals surface area contributed by atoms with E-state index < -0.39 is 0 Å². The summed E-state index contributed by atoms with van der Waals surface area (Å²) in [5.74, 6) is 0.752. The highest BCUT2D eigenvalue weighted by molar-refractivity contribution is 7.17. The first kappa shape index (κ1) is 12.6. The van der Waals surface area contributed by atoms with Gasteiger partial charge in [-0.25, -0.2) is 4.98 Å². The largest absolute Gasteiger partial charge is 0.365 e. The van der Waals surface area contributed by atoms with Gasteiger partial charge >= 0.3 is 0 Å². The molecule has 5 nitrogen and oxygen atoms in total. The zero-order chi connectivity index (χ0) is 13.9. The Labute approximate surface area is 119 Å². The lowest BCUT2D eigenvalue weighted by atomic mass is 10.2. The van der Waals surface area contributed by atoms with Gasteiger partial charge in [-0.3, -0.25) is 10.1 Å². The van der Waals surface area contributed by atoms with Crippen LogP contribution < -0.4 is 5.32 Å². The van der Waals surface area contributed by atoms with Gasteiger partial charge in [-0.15, -0.1) is 11.3 Å². The van der Waals surface area contributed by atoms with Crippen LogP contribution >= 0.6 is 11.3 Å². The van der Waals surface area contributed by atoms with E-state index in [1.807, 2.05) is 17.5 Å². The van der Waals surface area contributed by atoms with Crippen LogP contribution in [0.3, 0.4) is 0 Å². The summed E-state index contributed by atoms with van der Waals surface area (Å²) in [6.45, 7) is 0.374. The summed E-state index contributed by atoms with van der Waals surface area (Å²) in [6.07, 6.45) is 1.74. The fourth-order valence-corrected chi connectivity index (χ4v) is 2.83. The van der Waals surface area contributed by atoms with E-state index in [2.05, 4.69) is 10.3 Å². The molecule has 0 saturated carbocycles. The number of aromatic nitrogens is 1. The third kappa shape index (κ3) is 2.33. The molecule has 100 valence electrons. The number of nitro groups is 1. The van der Waals surface area contributed by atoms with Crippen molar-refractivity contribution in [2.45, 2.75) is 6.54 Å². The molecule has 0 aliphatic carbocycles. The number of hydrogen-bond acceptors (Lipinski definition) is 5. The number of para-hydroxylation sites is 1. The van der Waals surface area contributed by atoms with Crippen molar-refractivity contribution in [2.75, 3.05) is 5.32 Å². The number of benzene rings is 1. The molecule has 3 rings (SSSR count). The van der Waals surface area contributed by atoms with Gasteiger partial charge in [0.2, 0.25) is 0 Å². The first-order valence-corrected chi connectivity index (χ1v) is 6.92. The Morgan fingerprint density at radius 2 is 2.10 bits per heavy atom. The monoisotopic (exact) mass is 285 g/mol. The van der Waals surface area contributed by atoms with Crippen molar-refractivity contribution >= 4 is 32.9 Å². The van der Waals surface area contributed by atoms with E-state index in [-0.39, 0.29) is 10.6 Å². The molecule has 2 aromatic heterocycles. The van der Waals surface area contributed by atoms with E-state index in [1.165, 1.54) is 6.07 Å². The predicted octanol–water partition coefficient (Wildman–Crippen LogP) is 3.82. The van der Waals surface area contributed by atoms with Crippen molar-refractivity contribution in [2.24, 2.45) is 0 Å². The molecule has 0 fully saturated rings. The first-order chi connectivity index (χ1) is 9.75. The molecule has 2 heterocycles. The molecule has 20 heavy (non-hydrogen) atoms. The van der Waals surface area contributed by atoms with Crippen LogP contribution in [-0.4, -0.2) is 9.91 Å². The molecule has 0 aliphatic heterocycles. The minimum absolute atomic E-state index is 0.123. The summed E-state index contributed by atoms with van der Waals surface area (Å²) in [7, 11) is 0. The SMILES string of the molecule is O=[N+]([O-])c1ccccc1CNc1nccc2sccc12.